The molecule has 2 N–H and O–H groups in total. The molecule has 1 aromatic carbocycles. The highest BCUT2D eigenvalue weighted by Crippen LogP contribution is 2.23. The van der Waals surface area contributed by atoms with Crippen LogP contribution in [0.15, 0.2) is 36.7 Å². The van der Waals surface area contributed by atoms with Gasteiger partial charge in [0.15, 0.2) is 5.82 Å². The van der Waals surface area contributed by atoms with E-state index in [1.807, 2.05) is 6.92 Å². The Labute approximate surface area is 143 Å². The van der Waals surface area contributed by atoms with E-state index in [1.165, 1.54) is 17.1 Å². The fourth-order valence-corrected chi connectivity index (χ4v) is 2.59. The number of nitrogens with zero attached hydrogens (tertiary/aromatic N) is 5. The highest BCUT2D eigenvalue weighted by atomic mass is 35.5. The van der Waals surface area contributed by atoms with Crippen LogP contribution in [-0.2, 0) is 6.54 Å². The van der Waals surface area contributed by atoms with Crippen LogP contribution in [0.5, 0.6) is 0 Å². The predicted octanol–water partition coefficient (Wildman–Crippen LogP) is 2.98. The van der Waals surface area contributed by atoms with Gasteiger partial charge in [-0.25, -0.2) is 14.4 Å². The maximum Gasteiger partial charge on any atom is 0.161 e. The Balaban J connectivity index is 1.90. The standard InChI is InChI=1S/C16H16ClFN6/c1-10-6-14(19)24(22-10)16-7-15(20-9-21-16)23(2)8-11-12(17)4-3-5-13(11)18/h3-7,9H,8,19H2,1-2H3. The molecule has 0 aliphatic carbocycles. The Morgan fingerprint density at radius 1 is 1.29 bits per heavy atom. The smallest absolute Gasteiger partial charge is 0.161 e. The number of nitrogens with two attached hydrogens (primary N) is 1. The fraction of sp³-hybridized carbons (Fsp3) is 0.188. The van der Waals surface area contributed by atoms with Crippen LogP contribution in [-0.4, -0.2) is 26.8 Å². The van der Waals surface area contributed by atoms with Gasteiger partial charge in [-0.1, -0.05) is 17.7 Å². The minimum atomic E-state index is -0.351. The van der Waals surface area contributed by atoms with Crippen molar-refractivity contribution < 1.29 is 4.39 Å². The summed E-state index contributed by atoms with van der Waals surface area (Å²) in [4.78, 5) is 10.2. The molecule has 0 aliphatic rings. The SMILES string of the molecule is Cc1cc(N)n(-c2cc(N(C)Cc3c(F)cccc3Cl)ncn2)n1. The van der Waals surface area contributed by atoms with Crippen LogP contribution in [0.2, 0.25) is 5.02 Å². The molecule has 24 heavy (non-hydrogen) atoms. The van der Waals surface area contributed by atoms with Crippen molar-refractivity contribution in [1.29, 1.82) is 0 Å². The lowest BCUT2D eigenvalue weighted by atomic mass is 10.2. The molecule has 0 aliphatic heterocycles. The van der Waals surface area contributed by atoms with Gasteiger partial charge in [0.25, 0.3) is 0 Å². The molecule has 0 saturated carbocycles. The van der Waals surface area contributed by atoms with Crippen LogP contribution in [0, 0.1) is 12.7 Å². The summed E-state index contributed by atoms with van der Waals surface area (Å²) in [6, 6.07) is 8.11. The summed E-state index contributed by atoms with van der Waals surface area (Å²) in [5.74, 6) is 1.27. The molecule has 0 bridgehead atoms. The van der Waals surface area contributed by atoms with Crippen LogP contribution < -0.4 is 10.6 Å². The van der Waals surface area contributed by atoms with E-state index in [0.717, 1.165) is 5.69 Å². The first-order valence-corrected chi connectivity index (χ1v) is 7.62. The first-order chi connectivity index (χ1) is 11.5. The van der Waals surface area contributed by atoms with E-state index in [9.17, 15) is 4.39 Å². The molecule has 8 heteroatoms. The van der Waals surface area contributed by atoms with Crippen molar-refractivity contribution >= 4 is 23.2 Å². The van der Waals surface area contributed by atoms with E-state index < -0.39 is 0 Å². The van der Waals surface area contributed by atoms with Crippen molar-refractivity contribution in [3.8, 4) is 5.82 Å². The summed E-state index contributed by atoms with van der Waals surface area (Å²) in [7, 11) is 1.80. The third-order valence-corrected chi connectivity index (χ3v) is 3.92. The quantitative estimate of drug-likeness (QED) is 0.786. The lowest BCUT2D eigenvalue weighted by Crippen LogP contribution is -2.19. The molecule has 124 valence electrons. The number of halogens is 2. The molecule has 2 aromatic heterocycles. The molecule has 0 unspecified atom stereocenters. The zero-order chi connectivity index (χ0) is 17.3. The van der Waals surface area contributed by atoms with Gasteiger partial charge in [-0.15, -0.1) is 0 Å². The molecule has 0 saturated heterocycles. The Hall–Kier alpha value is -2.67. The lowest BCUT2D eigenvalue weighted by molar-refractivity contribution is 0.607. The number of rotatable bonds is 4. The third kappa shape index (κ3) is 3.16. The summed E-state index contributed by atoms with van der Waals surface area (Å²) in [5, 5.41) is 4.67. The van der Waals surface area contributed by atoms with Gasteiger partial charge >= 0.3 is 0 Å². The number of aromatic nitrogens is 4. The Morgan fingerprint density at radius 2 is 2.08 bits per heavy atom. The van der Waals surface area contributed by atoms with E-state index in [-0.39, 0.29) is 12.4 Å². The molecular weight excluding hydrogens is 331 g/mol. The van der Waals surface area contributed by atoms with Gasteiger partial charge in [0.2, 0.25) is 0 Å². The van der Waals surface area contributed by atoms with Gasteiger partial charge in [0.1, 0.15) is 23.8 Å². The normalized spacial score (nSPS) is 10.8. The molecule has 0 atom stereocenters. The fourth-order valence-electron chi connectivity index (χ4n) is 2.37. The van der Waals surface area contributed by atoms with Gasteiger partial charge in [-0.2, -0.15) is 9.78 Å². The second-order valence-corrected chi connectivity index (χ2v) is 5.82. The van der Waals surface area contributed by atoms with Crippen molar-refractivity contribution in [2.24, 2.45) is 0 Å². The average molecular weight is 347 g/mol. The topological polar surface area (TPSA) is 72.9 Å². The average Bonchev–Trinajstić information content (AvgIpc) is 2.89. The molecule has 0 fully saturated rings. The highest BCUT2D eigenvalue weighted by Gasteiger charge is 2.13. The zero-order valence-electron chi connectivity index (χ0n) is 13.2. The van der Waals surface area contributed by atoms with E-state index in [1.54, 1.807) is 36.2 Å². The van der Waals surface area contributed by atoms with Crippen molar-refractivity contribution in [2.75, 3.05) is 17.7 Å². The number of anilines is 2. The van der Waals surface area contributed by atoms with E-state index in [0.29, 0.717) is 28.0 Å². The van der Waals surface area contributed by atoms with E-state index in [4.69, 9.17) is 17.3 Å². The second kappa shape index (κ2) is 6.45. The zero-order valence-corrected chi connectivity index (χ0v) is 14.0. The Bertz CT molecular complexity index is 859. The Kier molecular flexibility index (Phi) is 4.35. The largest absolute Gasteiger partial charge is 0.384 e. The van der Waals surface area contributed by atoms with Gasteiger partial charge in [-0.3, -0.25) is 0 Å². The van der Waals surface area contributed by atoms with Crippen LogP contribution in [0.3, 0.4) is 0 Å². The molecule has 2 heterocycles. The van der Waals surface area contributed by atoms with Crippen LogP contribution >= 0.6 is 11.6 Å². The molecule has 6 nitrogen and oxygen atoms in total. The van der Waals surface area contributed by atoms with Crippen LogP contribution in [0.1, 0.15) is 11.3 Å². The maximum absolute atomic E-state index is 14.0. The molecule has 0 amide bonds. The first kappa shape index (κ1) is 16.2. The van der Waals surface area contributed by atoms with Gasteiger partial charge < -0.3 is 10.6 Å². The molecule has 3 rings (SSSR count). The van der Waals surface area contributed by atoms with Crippen LogP contribution in [0.25, 0.3) is 5.82 Å². The minimum absolute atomic E-state index is 0.273. The van der Waals surface area contributed by atoms with Crippen molar-refractivity contribution in [1.82, 2.24) is 19.7 Å². The first-order valence-electron chi connectivity index (χ1n) is 7.24. The summed E-state index contributed by atoms with van der Waals surface area (Å²) >= 11 is 6.08. The second-order valence-electron chi connectivity index (χ2n) is 5.41. The lowest BCUT2D eigenvalue weighted by Gasteiger charge is -2.19. The molecule has 3 aromatic rings. The predicted molar refractivity (Wildman–Crippen MR) is 91.8 cm³/mol. The van der Waals surface area contributed by atoms with E-state index in [2.05, 4.69) is 15.1 Å². The highest BCUT2D eigenvalue weighted by molar-refractivity contribution is 6.31. The summed E-state index contributed by atoms with van der Waals surface area (Å²) < 4.78 is 15.5. The van der Waals surface area contributed by atoms with E-state index >= 15 is 0 Å². The number of nitrogen functional groups attached to an aromatic ring is 1. The number of benzene rings is 1. The van der Waals surface area contributed by atoms with Crippen molar-refractivity contribution in [2.45, 2.75) is 13.5 Å². The molecule has 0 spiro atoms. The van der Waals surface area contributed by atoms with Crippen molar-refractivity contribution in [3.05, 3.63) is 58.8 Å². The number of aryl methyl sites for hydroxylation is 1. The Morgan fingerprint density at radius 3 is 2.75 bits per heavy atom. The van der Waals surface area contributed by atoms with Crippen molar-refractivity contribution in [3.63, 3.8) is 0 Å². The van der Waals surface area contributed by atoms with Gasteiger partial charge in [0, 0.05) is 36.3 Å². The number of hydrogen-bond acceptors (Lipinski definition) is 5. The molecule has 0 radical (unpaired) electrons. The maximum atomic E-state index is 14.0. The summed E-state index contributed by atoms with van der Waals surface area (Å²) in [6.07, 6.45) is 1.42. The number of hydrogen-bond donors (Lipinski definition) is 1. The minimum Gasteiger partial charge on any atom is -0.384 e. The third-order valence-electron chi connectivity index (χ3n) is 3.56. The summed E-state index contributed by atoms with van der Waals surface area (Å²) in [5.41, 5.74) is 7.13. The monoisotopic (exact) mass is 346 g/mol. The van der Waals surface area contributed by atoms with Gasteiger partial charge in [0.05, 0.1) is 5.69 Å². The van der Waals surface area contributed by atoms with Crippen LogP contribution in [0.4, 0.5) is 16.0 Å². The van der Waals surface area contributed by atoms with Gasteiger partial charge in [-0.05, 0) is 19.1 Å². The summed E-state index contributed by atoms with van der Waals surface area (Å²) in [6.45, 7) is 2.12. The molecular formula is C16H16ClFN6.